The second kappa shape index (κ2) is 4.10. The SMILES string of the molecule is CCC1CCC(C)C(OC)C1. The molecule has 0 aromatic heterocycles. The van der Waals surface area contributed by atoms with Crippen LogP contribution in [0.15, 0.2) is 0 Å². The van der Waals surface area contributed by atoms with Crippen LogP contribution < -0.4 is 0 Å². The molecule has 1 aliphatic carbocycles. The molecule has 3 unspecified atom stereocenters. The molecule has 0 bridgehead atoms. The summed E-state index contributed by atoms with van der Waals surface area (Å²) in [5, 5.41) is 0. The maximum absolute atomic E-state index is 5.44. The third-order valence-electron chi connectivity index (χ3n) is 3.11. The molecule has 3 atom stereocenters. The molecule has 1 aliphatic rings. The van der Waals surface area contributed by atoms with Crippen LogP contribution in [0.4, 0.5) is 0 Å². The Hall–Kier alpha value is -0.0400. The average molecular weight is 156 g/mol. The fraction of sp³-hybridized carbons (Fsp3) is 1.00. The summed E-state index contributed by atoms with van der Waals surface area (Å²) in [4.78, 5) is 0. The number of ether oxygens (including phenoxy) is 1. The smallest absolute Gasteiger partial charge is 0.0599 e. The number of hydrogen-bond donors (Lipinski definition) is 0. The summed E-state index contributed by atoms with van der Waals surface area (Å²) in [5.41, 5.74) is 0. The Labute approximate surface area is 70.1 Å². The quantitative estimate of drug-likeness (QED) is 0.597. The van der Waals surface area contributed by atoms with Crippen molar-refractivity contribution in [1.29, 1.82) is 0 Å². The lowest BCUT2D eigenvalue weighted by atomic mass is 9.79. The van der Waals surface area contributed by atoms with Crippen molar-refractivity contribution < 1.29 is 4.74 Å². The van der Waals surface area contributed by atoms with E-state index in [1.807, 2.05) is 7.11 Å². The number of rotatable bonds is 2. The van der Waals surface area contributed by atoms with E-state index in [2.05, 4.69) is 13.8 Å². The third kappa shape index (κ3) is 2.19. The normalized spacial score (nSPS) is 39.0. The van der Waals surface area contributed by atoms with Crippen molar-refractivity contribution in [2.75, 3.05) is 7.11 Å². The average Bonchev–Trinajstić information content (AvgIpc) is 2.05. The third-order valence-corrected chi connectivity index (χ3v) is 3.11. The van der Waals surface area contributed by atoms with Gasteiger partial charge in [-0.2, -0.15) is 0 Å². The fourth-order valence-corrected chi connectivity index (χ4v) is 2.06. The number of hydrogen-bond acceptors (Lipinski definition) is 1. The summed E-state index contributed by atoms with van der Waals surface area (Å²) in [6, 6.07) is 0. The molecule has 0 spiro atoms. The second-order valence-corrected chi connectivity index (χ2v) is 3.84. The van der Waals surface area contributed by atoms with Crippen LogP contribution >= 0.6 is 0 Å². The van der Waals surface area contributed by atoms with Gasteiger partial charge in [0.2, 0.25) is 0 Å². The molecule has 66 valence electrons. The minimum Gasteiger partial charge on any atom is -0.381 e. The number of methoxy groups -OCH3 is 1. The van der Waals surface area contributed by atoms with E-state index < -0.39 is 0 Å². The molecule has 1 fully saturated rings. The molecular weight excluding hydrogens is 136 g/mol. The van der Waals surface area contributed by atoms with Gasteiger partial charge in [-0.3, -0.25) is 0 Å². The minimum absolute atomic E-state index is 0.536. The van der Waals surface area contributed by atoms with Crippen molar-refractivity contribution in [3.05, 3.63) is 0 Å². The van der Waals surface area contributed by atoms with Gasteiger partial charge in [0.05, 0.1) is 6.10 Å². The lowest BCUT2D eigenvalue weighted by Gasteiger charge is -2.32. The van der Waals surface area contributed by atoms with Crippen molar-refractivity contribution in [2.45, 2.75) is 45.6 Å². The van der Waals surface area contributed by atoms with E-state index in [0.717, 1.165) is 11.8 Å². The van der Waals surface area contributed by atoms with E-state index in [1.54, 1.807) is 0 Å². The van der Waals surface area contributed by atoms with Crippen LogP contribution in [0.2, 0.25) is 0 Å². The molecule has 1 rings (SSSR count). The Morgan fingerprint density at radius 3 is 2.64 bits per heavy atom. The Bertz CT molecular complexity index is 111. The van der Waals surface area contributed by atoms with Gasteiger partial charge in [-0.05, 0) is 24.7 Å². The van der Waals surface area contributed by atoms with Crippen molar-refractivity contribution in [3.63, 3.8) is 0 Å². The van der Waals surface area contributed by atoms with Gasteiger partial charge in [-0.25, -0.2) is 0 Å². The topological polar surface area (TPSA) is 9.23 Å². The largest absolute Gasteiger partial charge is 0.381 e. The van der Waals surface area contributed by atoms with Gasteiger partial charge in [0.25, 0.3) is 0 Å². The van der Waals surface area contributed by atoms with Gasteiger partial charge >= 0.3 is 0 Å². The van der Waals surface area contributed by atoms with Crippen molar-refractivity contribution in [1.82, 2.24) is 0 Å². The van der Waals surface area contributed by atoms with Crippen molar-refractivity contribution >= 4 is 0 Å². The van der Waals surface area contributed by atoms with Gasteiger partial charge in [0.1, 0.15) is 0 Å². The maximum atomic E-state index is 5.44. The lowest BCUT2D eigenvalue weighted by molar-refractivity contribution is 0.0110. The maximum Gasteiger partial charge on any atom is 0.0599 e. The Kier molecular flexibility index (Phi) is 3.38. The molecule has 0 aliphatic heterocycles. The van der Waals surface area contributed by atoms with Crippen LogP contribution in [0.3, 0.4) is 0 Å². The van der Waals surface area contributed by atoms with Gasteiger partial charge in [-0.15, -0.1) is 0 Å². The van der Waals surface area contributed by atoms with Crippen LogP contribution in [0, 0.1) is 11.8 Å². The highest BCUT2D eigenvalue weighted by Gasteiger charge is 2.26. The lowest BCUT2D eigenvalue weighted by Crippen LogP contribution is -2.28. The van der Waals surface area contributed by atoms with Crippen molar-refractivity contribution in [3.8, 4) is 0 Å². The van der Waals surface area contributed by atoms with Gasteiger partial charge in [0, 0.05) is 7.11 Å². The Morgan fingerprint density at radius 2 is 2.09 bits per heavy atom. The van der Waals surface area contributed by atoms with E-state index >= 15 is 0 Å². The molecule has 0 aromatic rings. The molecule has 1 saturated carbocycles. The van der Waals surface area contributed by atoms with Gasteiger partial charge in [-0.1, -0.05) is 26.7 Å². The zero-order valence-electron chi connectivity index (χ0n) is 7.97. The first kappa shape index (κ1) is 9.05. The summed E-state index contributed by atoms with van der Waals surface area (Å²) >= 11 is 0. The molecule has 1 nitrogen and oxygen atoms in total. The predicted molar refractivity (Wildman–Crippen MR) is 47.6 cm³/mol. The monoisotopic (exact) mass is 156 g/mol. The van der Waals surface area contributed by atoms with E-state index in [9.17, 15) is 0 Å². The highest BCUT2D eigenvalue weighted by atomic mass is 16.5. The first-order chi connectivity index (χ1) is 5.27. The molecule has 0 amide bonds. The molecule has 0 saturated heterocycles. The highest BCUT2D eigenvalue weighted by molar-refractivity contribution is 4.77. The predicted octanol–water partition coefficient (Wildman–Crippen LogP) is 2.85. The van der Waals surface area contributed by atoms with E-state index in [0.29, 0.717) is 6.10 Å². The fourth-order valence-electron chi connectivity index (χ4n) is 2.06. The molecule has 1 heteroatoms. The first-order valence-electron chi connectivity index (χ1n) is 4.80. The first-order valence-corrected chi connectivity index (χ1v) is 4.80. The van der Waals surface area contributed by atoms with Crippen LogP contribution in [-0.2, 0) is 4.74 Å². The molecule has 0 N–H and O–H groups in total. The van der Waals surface area contributed by atoms with Crippen LogP contribution in [0.25, 0.3) is 0 Å². The molecule has 11 heavy (non-hydrogen) atoms. The molecule has 0 radical (unpaired) electrons. The van der Waals surface area contributed by atoms with E-state index in [4.69, 9.17) is 4.74 Å². The van der Waals surface area contributed by atoms with E-state index in [-0.39, 0.29) is 0 Å². The Morgan fingerprint density at radius 1 is 1.36 bits per heavy atom. The molecule has 0 heterocycles. The van der Waals surface area contributed by atoms with Crippen LogP contribution in [-0.4, -0.2) is 13.2 Å². The summed E-state index contributed by atoms with van der Waals surface area (Å²) in [6.45, 7) is 4.59. The standard InChI is InChI=1S/C10H20O/c1-4-9-6-5-8(2)10(7-9)11-3/h8-10H,4-7H2,1-3H3. The van der Waals surface area contributed by atoms with E-state index in [1.165, 1.54) is 25.7 Å². The molecular formula is C10H20O. The summed E-state index contributed by atoms with van der Waals surface area (Å²) < 4.78 is 5.44. The molecule has 0 aromatic carbocycles. The van der Waals surface area contributed by atoms with Crippen LogP contribution in [0.5, 0.6) is 0 Å². The Balaban J connectivity index is 2.37. The van der Waals surface area contributed by atoms with Crippen molar-refractivity contribution in [2.24, 2.45) is 11.8 Å². The summed E-state index contributed by atoms with van der Waals surface area (Å²) in [7, 11) is 1.85. The van der Waals surface area contributed by atoms with Crippen LogP contribution in [0.1, 0.15) is 39.5 Å². The summed E-state index contributed by atoms with van der Waals surface area (Å²) in [6.07, 6.45) is 5.92. The minimum atomic E-state index is 0.536. The second-order valence-electron chi connectivity index (χ2n) is 3.84. The zero-order chi connectivity index (χ0) is 8.27. The summed E-state index contributed by atoms with van der Waals surface area (Å²) in [5.74, 6) is 1.71. The van der Waals surface area contributed by atoms with Gasteiger partial charge < -0.3 is 4.74 Å². The highest BCUT2D eigenvalue weighted by Crippen LogP contribution is 2.31. The van der Waals surface area contributed by atoms with Gasteiger partial charge in [0.15, 0.2) is 0 Å². The zero-order valence-corrected chi connectivity index (χ0v) is 7.97.